The van der Waals surface area contributed by atoms with Crippen LogP contribution in [-0.2, 0) is 6.54 Å². The van der Waals surface area contributed by atoms with E-state index in [1.807, 2.05) is 60.5 Å². The third-order valence-electron chi connectivity index (χ3n) is 3.00. The molecule has 1 N–H and O–H groups in total. The van der Waals surface area contributed by atoms with Gasteiger partial charge in [-0.25, -0.2) is 0 Å². The van der Waals surface area contributed by atoms with Crippen molar-refractivity contribution in [1.82, 2.24) is 4.90 Å². The van der Waals surface area contributed by atoms with Gasteiger partial charge in [0.2, 0.25) is 0 Å². The summed E-state index contributed by atoms with van der Waals surface area (Å²) in [6, 6.07) is 15.4. The summed E-state index contributed by atoms with van der Waals surface area (Å²) in [6.07, 6.45) is 0. The van der Waals surface area contributed by atoms with Crippen molar-refractivity contribution in [2.75, 3.05) is 19.5 Å². The number of nitrogens with zero attached hydrogens (tertiary/aromatic N) is 1. The van der Waals surface area contributed by atoms with Crippen molar-refractivity contribution in [1.29, 1.82) is 0 Å². The lowest BCUT2D eigenvalue weighted by Gasteiger charge is -2.21. The van der Waals surface area contributed by atoms with Crippen LogP contribution in [0.4, 0.5) is 5.69 Å². The molecule has 0 fully saturated rings. The smallest absolute Gasteiger partial charge is 0.173 e. The summed E-state index contributed by atoms with van der Waals surface area (Å²) < 4.78 is 5.22. The fraction of sp³-hybridized carbons (Fsp3) is 0.188. The van der Waals surface area contributed by atoms with Crippen molar-refractivity contribution in [2.45, 2.75) is 6.54 Å². The second-order valence-corrected chi connectivity index (χ2v) is 5.47. The zero-order chi connectivity index (χ0) is 15.2. The predicted octanol–water partition coefficient (Wildman–Crippen LogP) is 4.18. The summed E-state index contributed by atoms with van der Waals surface area (Å²) in [6.45, 7) is 0.705. The molecule has 0 aliphatic carbocycles. The summed E-state index contributed by atoms with van der Waals surface area (Å²) in [5.74, 6) is 0.845. The lowest BCUT2D eigenvalue weighted by molar-refractivity contribution is 0.413. The predicted molar refractivity (Wildman–Crippen MR) is 92.1 cm³/mol. The molecule has 0 heterocycles. The molecular weight excluding hydrogens is 304 g/mol. The van der Waals surface area contributed by atoms with Crippen molar-refractivity contribution in [3.8, 4) is 5.75 Å². The van der Waals surface area contributed by atoms with Crippen molar-refractivity contribution in [3.63, 3.8) is 0 Å². The van der Waals surface area contributed by atoms with Crippen LogP contribution in [-0.4, -0.2) is 24.2 Å². The molecule has 0 bridgehead atoms. The number of benzene rings is 2. The minimum absolute atomic E-state index is 0.653. The molecular formula is C16H17ClN2OS. The van der Waals surface area contributed by atoms with Crippen LogP contribution in [0.25, 0.3) is 0 Å². The number of ether oxygens (including phenoxy) is 1. The van der Waals surface area contributed by atoms with Gasteiger partial charge in [-0.15, -0.1) is 0 Å². The molecule has 0 aliphatic rings. The summed E-state index contributed by atoms with van der Waals surface area (Å²) in [4.78, 5) is 1.97. The van der Waals surface area contributed by atoms with E-state index in [0.29, 0.717) is 16.7 Å². The fourth-order valence-electron chi connectivity index (χ4n) is 1.87. The van der Waals surface area contributed by atoms with Crippen molar-refractivity contribution in [3.05, 3.63) is 59.1 Å². The number of hydrogen-bond donors (Lipinski definition) is 1. The van der Waals surface area contributed by atoms with Crippen LogP contribution in [0.2, 0.25) is 5.02 Å². The minimum atomic E-state index is 0.653. The summed E-state index contributed by atoms with van der Waals surface area (Å²) in [5, 5.41) is 4.54. The maximum atomic E-state index is 5.86. The number of thiocarbonyl (C=S) groups is 1. The van der Waals surface area contributed by atoms with E-state index >= 15 is 0 Å². The van der Waals surface area contributed by atoms with Gasteiger partial charge in [0.05, 0.1) is 7.11 Å². The van der Waals surface area contributed by atoms with Crippen LogP contribution in [0.15, 0.2) is 48.5 Å². The quantitative estimate of drug-likeness (QED) is 0.854. The monoisotopic (exact) mass is 320 g/mol. The van der Waals surface area contributed by atoms with E-state index in [0.717, 1.165) is 17.0 Å². The second kappa shape index (κ2) is 7.29. The van der Waals surface area contributed by atoms with Gasteiger partial charge in [-0.3, -0.25) is 0 Å². The Morgan fingerprint density at radius 3 is 2.62 bits per heavy atom. The van der Waals surface area contributed by atoms with Gasteiger partial charge in [-0.05, 0) is 54.2 Å². The Labute approximate surface area is 135 Å². The highest BCUT2D eigenvalue weighted by Crippen LogP contribution is 2.16. The molecule has 0 atom stereocenters. The van der Waals surface area contributed by atoms with E-state index < -0.39 is 0 Å². The van der Waals surface area contributed by atoms with Gasteiger partial charge < -0.3 is 15.0 Å². The standard InChI is InChI=1S/C16H17ClN2OS/c1-19(11-12-4-3-5-15(10-12)20-2)16(21)18-14-8-6-13(17)7-9-14/h3-10H,11H2,1-2H3,(H,18,21). The zero-order valence-electron chi connectivity index (χ0n) is 12.0. The molecule has 0 aliphatic heterocycles. The van der Waals surface area contributed by atoms with Crippen LogP contribution < -0.4 is 10.1 Å². The van der Waals surface area contributed by atoms with Crippen molar-refractivity contribution in [2.24, 2.45) is 0 Å². The largest absolute Gasteiger partial charge is 0.497 e. The Morgan fingerprint density at radius 2 is 1.95 bits per heavy atom. The van der Waals surface area contributed by atoms with Gasteiger partial charge in [0.15, 0.2) is 5.11 Å². The molecule has 0 amide bonds. The van der Waals surface area contributed by atoms with Gasteiger partial charge in [-0.1, -0.05) is 23.7 Å². The lowest BCUT2D eigenvalue weighted by Crippen LogP contribution is -2.30. The maximum Gasteiger partial charge on any atom is 0.173 e. The number of hydrogen-bond acceptors (Lipinski definition) is 2. The number of halogens is 1. The number of rotatable bonds is 4. The van der Waals surface area contributed by atoms with E-state index in [1.165, 1.54) is 0 Å². The first-order chi connectivity index (χ1) is 10.1. The molecule has 5 heteroatoms. The lowest BCUT2D eigenvalue weighted by atomic mass is 10.2. The van der Waals surface area contributed by atoms with Crippen molar-refractivity contribution < 1.29 is 4.74 Å². The maximum absolute atomic E-state index is 5.86. The van der Waals surface area contributed by atoms with Gasteiger partial charge in [-0.2, -0.15) is 0 Å². The zero-order valence-corrected chi connectivity index (χ0v) is 13.5. The molecule has 0 unspecified atom stereocenters. The van der Waals surface area contributed by atoms with Crippen LogP contribution in [0, 0.1) is 0 Å². The second-order valence-electron chi connectivity index (χ2n) is 4.64. The fourth-order valence-corrected chi connectivity index (χ4v) is 2.18. The Hall–Kier alpha value is -1.78. The molecule has 110 valence electrons. The van der Waals surface area contributed by atoms with E-state index in [2.05, 4.69) is 5.32 Å². The van der Waals surface area contributed by atoms with Gasteiger partial charge in [0.25, 0.3) is 0 Å². The summed E-state index contributed by atoms with van der Waals surface area (Å²) in [5.41, 5.74) is 2.05. The summed E-state index contributed by atoms with van der Waals surface area (Å²) >= 11 is 11.3. The van der Waals surface area contributed by atoms with E-state index in [9.17, 15) is 0 Å². The average Bonchev–Trinajstić information content (AvgIpc) is 2.49. The number of methoxy groups -OCH3 is 1. The average molecular weight is 321 g/mol. The van der Waals surface area contributed by atoms with Gasteiger partial charge in [0.1, 0.15) is 5.75 Å². The number of nitrogens with one attached hydrogen (secondary N) is 1. The minimum Gasteiger partial charge on any atom is -0.497 e. The Kier molecular flexibility index (Phi) is 5.42. The first-order valence-corrected chi connectivity index (χ1v) is 7.28. The Balaban J connectivity index is 1.97. The third-order valence-corrected chi connectivity index (χ3v) is 3.66. The van der Waals surface area contributed by atoms with Crippen molar-refractivity contribution >= 4 is 34.6 Å². The van der Waals surface area contributed by atoms with Crippen LogP contribution in [0.3, 0.4) is 0 Å². The highest BCUT2D eigenvalue weighted by Gasteiger charge is 2.06. The van der Waals surface area contributed by atoms with Crippen LogP contribution in [0.5, 0.6) is 5.75 Å². The first kappa shape index (κ1) is 15.6. The van der Waals surface area contributed by atoms with E-state index in [-0.39, 0.29) is 0 Å². The third kappa shape index (κ3) is 4.62. The van der Waals surface area contributed by atoms with Gasteiger partial charge in [0, 0.05) is 24.3 Å². The molecule has 2 aromatic carbocycles. The highest BCUT2D eigenvalue weighted by atomic mass is 35.5. The highest BCUT2D eigenvalue weighted by molar-refractivity contribution is 7.80. The topological polar surface area (TPSA) is 24.5 Å². The van der Waals surface area contributed by atoms with E-state index in [1.54, 1.807) is 7.11 Å². The Morgan fingerprint density at radius 1 is 1.24 bits per heavy atom. The molecule has 0 saturated carbocycles. The first-order valence-electron chi connectivity index (χ1n) is 6.49. The summed E-state index contributed by atoms with van der Waals surface area (Å²) in [7, 11) is 3.61. The molecule has 2 aromatic rings. The molecule has 0 spiro atoms. The molecule has 3 nitrogen and oxygen atoms in total. The number of anilines is 1. The SMILES string of the molecule is COc1cccc(CN(C)C(=S)Nc2ccc(Cl)cc2)c1. The Bertz CT molecular complexity index is 616. The van der Waals surface area contributed by atoms with Gasteiger partial charge >= 0.3 is 0 Å². The van der Waals surface area contributed by atoms with Crippen LogP contribution >= 0.6 is 23.8 Å². The molecule has 21 heavy (non-hydrogen) atoms. The normalized spacial score (nSPS) is 10.0. The molecule has 2 rings (SSSR count). The van der Waals surface area contributed by atoms with E-state index in [4.69, 9.17) is 28.6 Å². The molecule has 0 aromatic heterocycles. The van der Waals surface area contributed by atoms with Crippen LogP contribution in [0.1, 0.15) is 5.56 Å². The molecule has 0 saturated heterocycles. The molecule has 0 radical (unpaired) electrons.